The van der Waals surface area contributed by atoms with Gasteiger partial charge in [0.1, 0.15) is 5.54 Å². The molecular formula is C16H19F6NO2. The van der Waals surface area contributed by atoms with Crippen LogP contribution in [0.2, 0.25) is 0 Å². The molecule has 0 spiro atoms. The zero-order valence-electron chi connectivity index (χ0n) is 13.8. The van der Waals surface area contributed by atoms with Crippen molar-refractivity contribution in [1.82, 2.24) is 0 Å². The first-order valence-electron chi connectivity index (χ1n) is 7.37. The van der Waals surface area contributed by atoms with Crippen LogP contribution in [-0.4, -0.2) is 16.6 Å². The van der Waals surface area contributed by atoms with E-state index in [0.29, 0.717) is 12.1 Å². The van der Waals surface area contributed by atoms with Crippen molar-refractivity contribution in [2.24, 2.45) is 11.7 Å². The highest BCUT2D eigenvalue weighted by atomic mass is 19.4. The van der Waals surface area contributed by atoms with E-state index < -0.39 is 46.8 Å². The second-order valence-corrected chi connectivity index (χ2v) is 6.53. The molecule has 1 aromatic rings. The van der Waals surface area contributed by atoms with Crippen molar-refractivity contribution in [3.05, 3.63) is 34.9 Å². The Morgan fingerprint density at radius 1 is 1.04 bits per heavy atom. The van der Waals surface area contributed by atoms with Gasteiger partial charge in [-0.25, -0.2) is 0 Å². The van der Waals surface area contributed by atoms with Gasteiger partial charge in [-0.2, -0.15) is 26.3 Å². The van der Waals surface area contributed by atoms with Crippen molar-refractivity contribution in [2.45, 2.75) is 51.0 Å². The Hall–Kier alpha value is -1.77. The van der Waals surface area contributed by atoms with Crippen molar-refractivity contribution >= 4 is 5.97 Å². The van der Waals surface area contributed by atoms with E-state index in [1.54, 1.807) is 0 Å². The van der Waals surface area contributed by atoms with E-state index >= 15 is 0 Å². The van der Waals surface area contributed by atoms with Gasteiger partial charge in [-0.3, -0.25) is 4.79 Å². The van der Waals surface area contributed by atoms with Crippen molar-refractivity contribution < 1.29 is 36.2 Å². The number of halogens is 6. The van der Waals surface area contributed by atoms with Crippen molar-refractivity contribution in [3.8, 4) is 0 Å². The molecule has 0 saturated carbocycles. The molecular weight excluding hydrogens is 352 g/mol. The molecule has 0 aromatic heterocycles. The van der Waals surface area contributed by atoms with Crippen LogP contribution in [0.15, 0.2) is 18.2 Å². The highest BCUT2D eigenvalue weighted by molar-refractivity contribution is 5.77. The Kier molecular flexibility index (Phi) is 5.83. The van der Waals surface area contributed by atoms with Gasteiger partial charge in [0.05, 0.1) is 11.1 Å². The summed E-state index contributed by atoms with van der Waals surface area (Å²) in [5.74, 6) is -2.62. The number of aliphatic carboxylic acids is 1. The first-order chi connectivity index (χ1) is 11.1. The van der Waals surface area contributed by atoms with E-state index in [-0.39, 0.29) is 18.1 Å². The quantitative estimate of drug-likeness (QED) is 0.741. The SMILES string of the molecule is CC(CC(C)(N)C(=O)O)C(C)c1cc(C(F)(F)F)cc(C(F)(F)F)c1. The van der Waals surface area contributed by atoms with Crippen LogP contribution in [0, 0.1) is 5.92 Å². The number of hydrogen-bond acceptors (Lipinski definition) is 2. The predicted octanol–water partition coefficient (Wildman–Crippen LogP) is 4.66. The molecule has 0 aliphatic heterocycles. The molecule has 0 aliphatic carbocycles. The average molecular weight is 371 g/mol. The number of nitrogens with two attached hydrogens (primary N) is 1. The molecule has 9 heteroatoms. The topological polar surface area (TPSA) is 63.3 Å². The third-order valence-corrected chi connectivity index (χ3v) is 4.22. The van der Waals surface area contributed by atoms with E-state index in [9.17, 15) is 31.1 Å². The summed E-state index contributed by atoms with van der Waals surface area (Å²) in [5, 5.41) is 9.02. The Bertz CT molecular complexity index is 604. The minimum atomic E-state index is -4.93. The summed E-state index contributed by atoms with van der Waals surface area (Å²) >= 11 is 0. The van der Waals surface area contributed by atoms with Gasteiger partial charge in [0.15, 0.2) is 0 Å². The van der Waals surface area contributed by atoms with Gasteiger partial charge >= 0.3 is 18.3 Å². The fraction of sp³-hybridized carbons (Fsp3) is 0.562. The second-order valence-electron chi connectivity index (χ2n) is 6.53. The minimum Gasteiger partial charge on any atom is -0.480 e. The smallest absolute Gasteiger partial charge is 0.416 e. The highest BCUT2D eigenvalue weighted by Gasteiger charge is 2.38. The largest absolute Gasteiger partial charge is 0.480 e. The normalized spacial score (nSPS) is 17.7. The Balaban J connectivity index is 3.29. The van der Waals surface area contributed by atoms with Crippen LogP contribution in [0.1, 0.15) is 49.8 Å². The molecule has 0 radical (unpaired) electrons. The lowest BCUT2D eigenvalue weighted by atomic mass is 9.80. The molecule has 1 rings (SSSR count). The lowest BCUT2D eigenvalue weighted by Gasteiger charge is -2.28. The van der Waals surface area contributed by atoms with Crippen LogP contribution >= 0.6 is 0 Å². The number of benzene rings is 1. The van der Waals surface area contributed by atoms with Crippen molar-refractivity contribution in [1.29, 1.82) is 0 Å². The third kappa shape index (κ3) is 5.35. The summed E-state index contributed by atoms with van der Waals surface area (Å²) in [4.78, 5) is 11.1. The molecule has 25 heavy (non-hydrogen) atoms. The van der Waals surface area contributed by atoms with Gasteiger partial charge in [-0.05, 0) is 48.9 Å². The van der Waals surface area contributed by atoms with Gasteiger partial charge in [-0.15, -0.1) is 0 Å². The summed E-state index contributed by atoms with van der Waals surface area (Å²) in [7, 11) is 0. The fourth-order valence-corrected chi connectivity index (χ4v) is 2.50. The summed E-state index contributed by atoms with van der Waals surface area (Å²) in [6.07, 6.45) is -9.97. The van der Waals surface area contributed by atoms with E-state index in [2.05, 4.69) is 0 Å². The zero-order chi connectivity index (χ0) is 19.8. The van der Waals surface area contributed by atoms with Crippen LogP contribution in [0.4, 0.5) is 26.3 Å². The van der Waals surface area contributed by atoms with Gasteiger partial charge < -0.3 is 10.8 Å². The number of hydrogen-bond donors (Lipinski definition) is 2. The van der Waals surface area contributed by atoms with Crippen LogP contribution in [0.5, 0.6) is 0 Å². The molecule has 0 heterocycles. The van der Waals surface area contributed by atoms with Gasteiger partial charge in [-0.1, -0.05) is 13.8 Å². The molecule has 3 atom stereocenters. The Morgan fingerprint density at radius 3 is 1.76 bits per heavy atom. The van der Waals surface area contributed by atoms with Crippen LogP contribution in [0.25, 0.3) is 0 Å². The molecule has 142 valence electrons. The third-order valence-electron chi connectivity index (χ3n) is 4.22. The molecule has 3 nitrogen and oxygen atoms in total. The maximum atomic E-state index is 12.9. The molecule has 3 unspecified atom stereocenters. The van der Waals surface area contributed by atoms with Gasteiger partial charge in [0.2, 0.25) is 0 Å². The van der Waals surface area contributed by atoms with Crippen LogP contribution < -0.4 is 5.73 Å². The van der Waals surface area contributed by atoms with E-state index in [0.717, 1.165) is 0 Å². The standard InChI is InChI=1S/C16H19F6NO2/c1-8(7-14(3,23)13(24)25)9(2)10-4-11(15(17,18)19)6-12(5-10)16(20,21)22/h4-6,8-9H,7,23H2,1-3H3,(H,24,25). The summed E-state index contributed by atoms with van der Waals surface area (Å²) < 4.78 is 77.5. The summed E-state index contributed by atoms with van der Waals surface area (Å²) in [6, 6.07) is 1.38. The van der Waals surface area contributed by atoms with E-state index in [1.807, 2.05) is 0 Å². The first-order valence-corrected chi connectivity index (χ1v) is 7.37. The van der Waals surface area contributed by atoms with Gasteiger partial charge in [0, 0.05) is 0 Å². The minimum absolute atomic E-state index is 0.0607. The maximum absolute atomic E-state index is 12.9. The number of carboxylic acid groups (broad SMARTS) is 1. The number of alkyl halides is 6. The average Bonchev–Trinajstić information content (AvgIpc) is 2.43. The van der Waals surface area contributed by atoms with Gasteiger partial charge in [0.25, 0.3) is 0 Å². The molecule has 3 N–H and O–H groups in total. The molecule has 0 amide bonds. The number of carbonyl (C=O) groups is 1. The first kappa shape index (κ1) is 21.3. The predicted molar refractivity (Wildman–Crippen MR) is 78.9 cm³/mol. The monoisotopic (exact) mass is 371 g/mol. The lowest BCUT2D eigenvalue weighted by Crippen LogP contribution is -2.46. The van der Waals surface area contributed by atoms with Crippen LogP contribution in [-0.2, 0) is 17.1 Å². The van der Waals surface area contributed by atoms with Crippen molar-refractivity contribution in [2.75, 3.05) is 0 Å². The summed E-state index contributed by atoms with van der Waals surface area (Å²) in [5.41, 5.74) is 1.01. The zero-order valence-corrected chi connectivity index (χ0v) is 13.8. The highest BCUT2D eigenvalue weighted by Crippen LogP contribution is 2.39. The maximum Gasteiger partial charge on any atom is 0.416 e. The molecule has 0 fully saturated rings. The Labute approximate surface area is 140 Å². The Morgan fingerprint density at radius 2 is 1.44 bits per heavy atom. The lowest BCUT2D eigenvalue weighted by molar-refractivity contribution is -0.144. The van der Waals surface area contributed by atoms with Crippen molar-refractivity contribution in [3.63, 3.8) is 0 Å². The second kappa shape index (κ2) is 6.86. The number of carboxylic acids is 1. The van der Waals surface area contributed by atoms with E-state index in [1.165, 1.54) is 20.8 Å². The molecule has 0 aliphatic rings. The molecule has 0 saturated heterocycles. The van der Waals surface area contributed by atoms with E-state index in [4.69, 9.17) is 10.8 Å². The van der Waals surface area contributed by atoms with Crippen LogP contribution in [0.3, 0.4) is 0 Å². The molecule has 0 bridgehead atoms. The summed E-state index contributed by atoms with van der Waals surface area (Å²) in [6.45, 7) is 4.22. The fourth-order valence-electron chi connectivity index (χ4n) is 2.50. The number of rotatable bonds is 5. The molecule has 1 aromatic carbocycles.